The van der Waals surface area contributed by atoms with Crippen LogP contribution >= 0.6 is 11.6 Å². The first-order valence-corrected chi connectivity index (χ1v) is 12.2. The first-order valence-electron chi connectivity index (χ1n) is 10.2. The highest BCUT2D eigenvalue weighted by atomic mass is 35.5. The molecule has 0 fully saturated rings. The fraction of sp³-hybridized carbons (Fsp3) is 0.273. The highest BCUT2D eigenvalue weighted by Crippen LogP contribution is 2.39. The van der Waals surface area contributed by atoms with Crippen molar-refractivity contribution in [2.75, 3.05) is 12.9 Å². The van der Waals surface area contributed by atoms with Gasteiger partial charge in [-0.2, -0.15) is 9.40 Å². The molecule has 1 aliphatic heterocycles. The fourth-order valence-corrected chi connectivity index (χ4v) is 5.20. The van der Waals surface area contributed by atoms with Gasteiger partial charge in [-0.05, 0) is 24.3 Å². The molecule has 1 aromatic heterocycles. The summed E-state index contributed by atoms with van der Waals surface area (Å²) in [7, 11) is -2.66. The van der Waals surface area contributed by atoms with E-state index in [9.17, 15) is 26.4 Å². The van der Waals surface area contributed by atoms with Gasteiger partial charge in [0.15, 0.2) is 5.75 Å². The Hall–Kier alpha value is -3.09. The Morgan fingerprint density at radius 2 is 1.80 bits per heavy atom. The Kier molecular flexibility index (Phi) is 6.80. The Balaban J connectivity index is 1.78. The molecule has 8 nitrogen and oxygen atoms in total. The number of methoxy groups -OCH3 is 1. The standard InChI is InChI=1S/C22H19ClF3N3O5S/c1-33-20(30)10-11-35(31,32)28-12-16-17(13-28)27-29(21(16)14-6-8-15(23)9-7-14)18-4-2-3-5-19(18)34-22(24,25)26/h2-9H,10-13H2,1H3. The zero-order valence-electron chi connectivity index (χ0n) is 18.3. The second-order valence-corrected chi connectivity index (χ2v) is 10.1. The normalized spacial score (nSPS) is 14.1. The number of fused-ring (bicyclic) bond motifs is 1. The van der Waals surface area contributed by atoms with Crippen molar-refractivity contribution in [3.05, 3.63) is 64.8 Å². The van der Waals surface area contributed by atoms with Crippen molar-refractivity contribution in [3.8, 4) is 22.7 Å². The molecule has 13 heteroatoms. The maximum Gasteiger partial charge on any atom is 0.573 e. The Morgan fingerprint density at radius 3 is 2.46 bits per heavy atom. The van der Waals surface area contributed by atoms with Gasteiger partial charge in [0.05, 0.1) is 37.2 Å². The van der Waals surface area contributed by atoms with Gasteiger partial charge in [0.2, 0.25) is 10.0 Å². The summed E-state index contributed by atoms with van der Waals surface area (Å²) in [5, 5.41) is 4.91. The summed E-state index contributed by atoms with van der Waals surface area (Å²) in [6.07, 6.45) is -5.23. The van der Waals surface area contributed by atoms with Gasteiger partial charge in [-0.25, -0.2) is 13.1 Å². The van der Waals surface area contributed by atoms with E-state index < -0.39 is 33.9 Å². The minimum absolute atomic E-state index is 0.0317. The van der Waals surface area contributed by atoms with Crippen LogP contribution in [-0.4, -0.2) is 47.7 Å². The summed E-state index contributed by atoms with van der Waals surface area (Å²) in [6, 6.07) is 12.1. The summed E-state index contributed by atoms with van der Waals surface area (Å²) in [5.74, 6) is -1.56. The number of benzene rings is 2. The molecule has 0 atom stereocenters. The minimum Gasteiger partial charge on any atom is -0.469 e. The number of hydrogen-bond donors (Lipinski definition) is 0. The van der Waals surface area contributed by atoms with Gasteiger partial charge in [0.1, 0.15) is 5.69 Å². The summed E-state index contributed by atoms with van der Waals surface area (Å²) >= 11 is 6.01. The number of nitrogens with zero attached hydrogens (tertiary/aromatic N) is 3. The maximum absolute atomic E-state index is 13.0. The van der Waals surface area contributed by atoms with Gasteiger partial charge >= 0.3 is 12.3 Å². The quantitative estimate of drug-likeness (QED) is 0.424. The molecule has 3 aromatic rings. The molecule has 0 bridgehead atoms. The number of carbonyl (C=O) groups excluding carboxylic acids is 1. The third-order valence-corrected chi connectivity index (χ3v) is 7.37. The molecule has 0 unspecified atom stereocenters. The molecule has 0 N–H and O–H groups in total. The average Bonchev–Trinajstić information content (AvgIpc) is 3.36. The van der Waals surface area contributed by atoms with Crippen molar-refractivity contribution in [3.63, 3.8) is 0 Å². The number of aromatic nitrogens is 2. The molecule has 0 amide bonds. The van der Waals surface area contributed by atoms with Crippen LogP contribution in [0.25, 0.3) is 16.9 Å². The van der Waals surface area contributed by atoms with Crippen molar-refractivity contribution in [2.24, 2.45) is 0 Å². The number of halogens is 4. The van der Waals surface area contributed by atoms with E-state index in [1.807, 2.05) is 0 Å². The molecule has 0 aliphatic carbocycles. The molecular formula is C22H19ClF3N3O5S. The lowest BCUT2D eigenvalue weighted by atomic mass is 10.1. The molecule has 2 aromatic carbocycles. The first kappa shape index (κ1) is 25.0. The molecule has 0 spiro atoms. The van der Waals surface area contributed by atoms with Gasteiger partial charge in [-0.3, -0.25) is 4.79 Å². The predicted molar refractivity (Wildman–Crippen MR) is 120 cm³/mol. The minimum atomic E-state index is -4.92. The molecule has 0 radical (unpaired) electrons. The number of ether oxygens (including phenoxy) is 2. The summed E-state index contributed by atoms with van der Waals surface area (Å²) in [6.45, 7) is -0.173. The zero-order valence-corrected chi connectivity index (χ0v) is 19.8. The van der Waals surface area contributed by atoms with E-state index in [-0.39, 0.29) is 25.2 Å². The first-order chi connectivity index (χ1) is 16.5. The van der Waals surface area contributed by atoms with E-state index in [0.29, 0.717) is 27.5 Å². The molecule has 35 heavy (non-hydrogen) atoms. The lowest BCUT2D eigenvalue weighted by molar-refractivity contribution is -0.274. The highest BCUT2D eigenvalue weighted by molar-refractivity contribution is 7.89. The number of esters is 1. The number of rotatable bonds is 7. The van der Waals surface area contributed by atoms with Crippen molar-refractivity contribution in [2.45, 2.75) is 25.9 Å². The van der Waals surface area contributed by atoms with Crippen molar-refractivity contribution in [1.29, 1.82) is 0 Å². The SMILES string of the molecule is COC(=O)CCS(=O)(=O)N1Cc2nn(-c3ccccc3OC(F)(F)F)c(-c3ccc(Cl)cc3)c2C1. The average molecular weight is 530 g/mol. The molecule has 0 saturated carbocycles. The molecule has 186 valence electrons. The van der Waals surface area contributed by atoms with Gasteiger partial charge < -0.3 is 9.47 Å². The van der Waals surface area contributed by atoms with Crippen LogP contribution in [0.3, 0.4) is 0 Å². The van der Waals surface area contributed by atoms with Crippen LogP contribution in [0.4, 0.5) is 13.2 Å². The summed E-state index contributed by atoms with van der Waals surface area (Å²) in [4.78, 5) is 11.4. The number of alkyl halides is 3. The van der Waals surface area contributed by atoms with E-state index in [1.165, 1.54) is 34.3 Å². The van der Waals surface area contributed by atoms with E-state index in [4.69, 9.17) is 11.6 Å². The van der Waals surface area contributed by atoms with Gasteiger partial charge in [0.25, 0.3) is 0 Å². The maximum atomic E-state index is 13.0. The molecule has 4 rings (SSSR count). The van der Waals surface area contributed by atoms with Gasteiger partial charge in [-0.1, -0.05) is 35.9 Å². The van der Waals surface area contributed by atoms with Crippen LogP contribution in [0.2, 0.25) is 5.02 Å². The number of hydrogen-bond acceptors (Lipinski definition) is 6. The van der Waals surface area contributed by atoms with Crippen LogP contribution in [-0.2, 0) is 32.6 Å². The number of para-hydroxylation sites is 2. The Bertz CT molecular complexity index is 1360. The van der Waals surface area contributed by atoms with Crippen molar-refractivity contribution < 1.29 is 35.9 Å². The lowest BCUT2D eigenvalue weighted by Crippen LogP contribution is -2.30. The van der Waals surface area contributed by atoms with Gasteiger partial charge in [0, 0.05) is 22.7 Å². The number of carbonyl (C=O) groups is 1. The molecule has 1 aliphatic rings. The Morgan fingerprint density at radius 1 is 1.11 bits per heavy atom. The zero-order chi connectivity index (χ0) is 25.4. The fourth-order valence-electron chi connectivity index (χ4n) is 3.75. The molecule has 2 heterocycles. The van der Waals surface area contributed by atoms with Crippen LogP contribution in [0.5, 0.6) is 5.75 Å². The summed E-state index contributed by atoms with van der Waals surface area (Å²) in [5.41, 5.74) is 1.90. The van der Waals surface area contributed by atoms with Crippen LogP contribution in [0.15, 0.2) is 48.5 Å². The van der Waals surface area contributed by atoms with Crippen LogP contribution in [0.1, 0.15) is 17.7 Å². The summed E-state index contributed by atoms with van der Waals surface area (Å²) < 4.78 is 75.9. The lowest BCUT2D eigenvalue weighted by Gasteiger charge is -2.18. The van der Waals surface area contributed by atoms with Crippen LogP contribution in [0, 0.1) is 0 Å². The smallest absolute Gasteiger partial charge is 0.469 e. The second-order valence-electron chi connectivity index (χ2n) is 7.62. The van der Waals surface area contributed by atoms with E-state index in [1.54, 1.807) is 30.3 Å². The van der Waals surface area contributed by atoms with E-state index in [2.05, 4.69) is 14.6 Å². The molecule has 0 saturated heterocycles. The van der Waals surface area contributed by atoms with E-state index >= 15 is 0 Å². The Labute approximate surface area is 203 Å². The highest BCUT2D eigenvalue weighted by Gasteiger charge is 2.37. The second kappa shape index (κ2) is 9.51. The van der Waals surface area contributed by atoms with Crippen molar-refractivity contribution >= 4 is 27.6 Å². The van der Waals surface area contributed by atoms with Crippen molar-refractivity contribution in [1.82, 2.24) is 14.1 Å². The predicted octanol–water partition coefficient (Wildman–Crippen LogP) is 4.30. The third kappa shape index (κ3) is 5.44. The van der Waals surface area contributed by atoms with Crippen LogP contribution < -0.4 is 4.74 Å². The monoisotopic (exact) mass is 529 g/mol. The largest absolute Gasteiger partial charge is 0.573 e. The van der Waals surface area contributed by atoms with E-state index in [0.717, 1.165) is 0 Å². The third-order valence-electron chi connectivity index (χ3n) is 5.35. The number of sulfonamides is 1. The van der Waals surface area contributed by atoms with Gasteiger partial charge in [-0.15, -0.1) is 13.2 Å². The topological polar surface area (TPSA) is 90.7 Å². The molecular weight excluding hydrogens is 511 g/mol.